The molecule has 0 aromatic heterocycles. The summed E-state index contributed by atoms with van der Waals surface area (Å²) in [6.07, 6.45) is 0. The van der Waals surface area contributed by atoms with Gasteiger partial charge >= 0.3 is 0 Å². The molecule has 3 aromatic carbocycles. The van der Waals surface area contributed by atoms with E-state index in [1.807, 2.05) is 50.2 Å². The maximum Gasteiger partial charge on any atom is 0.255 e. The van der Waals surface area contributed by atoms with Gasteiger partial charge in [-0.2, -0.15) is 0 Å². The molecular weight excluding hydrogens is 396 g/mol. The maximum absolute atomic E-state index is 12.5. The van der Waals surface area contributed by atoms with Crippen molar-refractivity contribution >= 4 is 35.0 Å². The van der Waals surface area contributed by atoms with Gasteiger partial charge in [0.25, 0.3) is 5.91 Å². The van der Waals surface area contributed by atoms with E-state index >= 15 is 0 Å². The van der Waals surface area contributed by atoms with Crippen molar-refractivity contribution in [2.75, 3.05) is 17.7 Å². The molecule has 0 spiro atoms. The van der Waals surface area contributed by atoms with Crippen LogP contribution in [0.1, 0.15) is 22.8 Å². The molecule has 0 heterocycles. The molecule has 0 saturated heterocycles. The first-order valence-corrected chi connectivity index (χ1v) is 10.4. The number of nitrogens with one attached hydrogen (secondary N) is 2. The number of methoxy groups -OCH3 is 1. The maximum atomic E-state index is 12.5. The largest absolute Gasteiger partial charge is 0.495 e. The van der Waals surface area contributed by atoms with Crippen LogP contribution in [0.25, 0.3) is 0 Å². The molecule has 3 rings (SSSR count). The third-order valence-electron chi connectivity index (χ3n) is 4.47. The second-order valence-electron chi connectivity index (χ2n) is 6.79. The van der Waals surface area contributed by atoms with E-state index < -0.39 is 0 Å². The number of amides is 2. The molecule has 5 nitrogen and oxygen atoms in total. The topological polar surface area (TPSA) is 67.4 Å². The Hall–Kier alpha value is -3.25. The fourth-order valence-corrected chi connectivity index (χ4v) is 3.63. The summed E-state index contributed by atoms with van der Waals surface area (Å²) in [6.45, 7) is 3.90. The van der Waals surface area contributed by atoms with Crippen molar-refractivity contribution in [1.29, 1.82) is 0 Å². The molecule has 0 aliphatic carbocycles. The van der Waals surface area contributed by atoms with Gasteiger partial charge in [0.05, 0.1) is 18.0 Å². The van der Waals surface area contributed by atoms with Crippen molar-refractivity contribution in [2.24, 2.45) is 0 Å². The molecule has 0 fully saturated rings. The lowest BCUT2D eigenvalue weighted by Crippen LogP contribution is -2.22. The van der Waals surface area contributed by atoms with Gasteiger partial charge in [0.1, 0.15) is 5.75 Å². The highest BCUT2D eigenvalue weighted by atomic mass is 32.2. The number of ether oxygens (including phenoxy) is 1. The van der Waals surface area contributed by atoms with Crippen LogP contribution in [0, 0.1) is 6.92 Å². The summed E-state index contributed by atoms with van der Waals surface area (Å²) in [6, 6.07) is 22.1. The number of aryl methyl sites for hydroxylation is 1. The van der Waals surface area contributed by atoms with Gasteiger partial charge in [0, 0.05) is 16.1 Å². The summed E-state index contributed by atoms with van der Waals surface area (Å²) in [7, 11) is 1.56. The number of anilines is 2. The molecule has 3 aromatic rings. The Kier molecular flexibility index (Phi) is 7.14. The van der Waals surface area contributed by atoms with Gasteiger partial charge in [-0.1, -0.05) is 29.8 Å². The molecule has 1 unspecified atom stereocenters. The van der Waals surface area contributed by atoms with Gasteiger partial charge in [-0.15, -0.1) is 11.8 Å². The first-order chi connectivity index (χ1) is 14.5. The highest BCUT2D eigenvalue weighted by Crippen LogP contribution is 2.25. The van der Waals surface area contributed by atoms with Crippen LogP contribution in [0.3, 0.4) is 0 Å². The van der Waals surface area contributed by atoms with Crippen LogP contribution < -0.4 is 15.4 Å². The predicted octanol–water partition coefficient (Wildman–Crippen LogP) is 5.38. The molecule has 0 bridgehead atoms. The van der Waals surface area contributed by atoms with Gasteiger partial charge in [0.2, 0.25) is 5.91 Å². The van der Waals surface area contributed by atoms with Crippen molar-refractivity contribution in [2.45, 2.75) is 24.0 Å². The van der Waals surface area contributed by atoms with Crippen molar-refractivity contribution in [1.82, 2.24) is 0 Å². The van der Waals surface area contributed by atoms with E-state index in [1.54, 1.807) is 43.5 Å². The number of carbonyl (C=O) groups is 2. The van der Waals surface area contributed by atoms with Gasteiger partial charge < -0.3 is 15.4 Å². The Bertz CT molecular complexity index is 1020. The Morgan fingerprint density at radius 1 is 0.900 bits per heavy atom. The summed E-state index contributed by atoms with van der Waals surface area (Å²) in [5.41, 5.74) is 2.92. The second-order valence-corrected chi connectivity index (χ2v) is 8.21. The predicted molar refractivity (Wildman–Crippen MR) is 123 cm³/mol. The van der Waals surface area contributed by atoms with Crippen LogP contribution in [0.5, 0.6) is 5.75 Å². The standard InChI is InChI=1S/C24H24N2O3S/c1-16-8-14-20(15-9-16)30-17(2)23(27)25-19-12-10-18(11-13-19)24(28)26-21-6-4-5-7-22(21)29-3/h4-15,17H,1-3H3,(H,25,27)(H,26,28). The SMILES string of the molecule is COc1ccccc1NC(=O)c1ccc(NC(=O)C(C)Sc2ccc(C)cc2)cc1. The Labute approximate surface area is 180 Å². The van der Waals surface area contributed by atoms with E-state index in [0.717, 1.165) is 4.90 Å². The van der Waals surface area contributed by atoms with E-state index in [0.29, 0.717) is 22.7 Å². The first kappa shape index (κ1) is 21.5. The number of hydrogen-bond donors (Lipinski definition) is 2. The minimum Gasteiger partial charge on any atom is -0.495 e. The molecule has 0 saturated carbocycles. The number of hydrogen-bond acceptors (Lipinski definition) is 4. The van der Waals surface area contributed by atoms with E-state index in [9.17, 15) is 9.59 Å². The minimum atomic E-state index is -0.249. The highest BCUT2D eigenvalue weighted by Gasteiger charge is 2.15. The number of benzene rings is 3. The zero-order valence-electron chi connectivity index (χ0n) is 17.1. The minimum absolute atomic E-state index is 0.0909. The van der Waals surface area contributed by atoms with Crippen molar-refractivity contribution in [3.05, 3.63) is 83.9 Å². The van der Waals surface area contributed by atoms with E-state index in [4.69, 9.17) is 4.74 Å². The molecule has 0 aliphatic rings. The zero-order valence-corrected chi connectivity index (χ0v) is 18.0. The average Bonchev–Trinajstić information content (AvgIpc) is 2.76. The Balaban J connectivity index is 1.58. The molecule has 0 aliphatic heterocycles. The van der Waals surface area contributed by atoms with E-state index in [1.165, 1.54) is 17.3 Å². The van der Waals surface area contributed by atoms with Gasteiger partial charge in [0.15, 0.2) is 0 Å². The smallest absolute Gasteiger partial charge is 0.255 e. The summed E-state index contributed by atoms with van der Waals surface area (Å²) < 4.78 is 5.25. The zero-order chi connectivity index (χ0) is 21.5. The summed E-state index contributed by atoms with van der Waals surface area (Å²) in [5.74, 6) is 0.252. The van der Waals surface area contributed by atoms with Crippen LogP contribution in [0.15, 0.2) is 77.7 Å². The van der Waals surface area contributed by atoms with Gasteiger partial charge in [-0.25, -0.2) is 0 Å². The number of rotatable bonds is 7. The van der Waals surface area contributed by atoms with Crippen LogP contribution in [0.4, 0.5) is 11.4 Å². The van der Waals surface area contributed by atoms with Gasteiger partial charge in [-0.05, 0) is 62.4 Å². The molecule has 2 amide bonds. The van der Waals surface area contributed by atoms with Crippen molar-refractivity contribution in [3.63, 3.8) is 0 Å². The molecule has 6 heteroatoms. The quantitative estimate of drug-likeness (QED) is 0.504. The molecule has 0 radical (unpaired) electrons. The third kappa shape index (κ3) is 5.64. The van der Waals surface area contributed by atoms with Crippen LogP contribution in [-0.2, 0) is 4.79 Å². The van der Waals surface area contributed by atoms with E-state index in [2.05, 4.69) is 10.6 Å². The monoisotopic (exact) mass is 420 g/mol. The van der Waals surface area contributed by atoms with Crippen LogP contribution >= 0.6 is 11.8 Å². The molecule has 30 heavy (non-hydrogen) atoms. The lowest BCUT2D eigenvalue weighted by atomic mass is 10.2. The fraction of sp³-hybridized carbons (Fsp3) is 0.167. The van der Waals surface area contributed by atoms with Crippen LogP contribution in [0.2, 0.25) is 0 Å². The number of para-hydroxylation sites is 2. The molecular formula is C24H24N2O3S. The average molecular weight is 421 g/mol. The summed E-state index contributed by atoms with van der Waals surface area (Å²) in [4.78, 5) is 26.0. The number of carbonyl (C=O) groups excluding carboxylic acids is 2. The summed E-state index contributed by atoms with van der Waals surface area (Å²) >= 11 is 1.50. The fourth-order valence-electron chi connectivity index (χ4n) is 2.77. The first-order valence-electron chi connectivity index (χ1n) is 9.55. The second kappa shape index (κ2) is 9.98. The molecule has 1 atom stereocenters. The number of thioether (sulfide) groups is 1. The summed E-state index contributed by atoms with van der Waals surface area (Å²) in [5, 5.41) is 5.48. The van der Waals surface area contributed by atoms with Crippen molar-refractivity contribution < 1.29 is 14.3 Å². The third-order valence-corrected chi connectivity index (χ3v) is 5.58. The Morgan fingerprint density at radius 3 is 2.23 bits per heavy atom. The van der Waals surface area contributed by atoms with Crippen molar-refractivity contribution in [3.8, 4) is 5.75 Å². The van der Waals surface area contributed by atoms with Gasteiger partial charge in [-0.3, -0.25) is 9.59 Å². The lowest BCUT2D eigenvalue weighted by molar-refractivity contribution is -0.115. The van der Waals surface area contributed by atoms with E-state index in [-0.39, 0.29) is 17.1 Å². The molecule has 2 N–H and O–H groups in total. The highest BCUT2D eigenvalue weighted by molar-refractivity contribution is 8.00. The lowest BCUT2D eigenvalue weighted by Gasteiger charge is -2.13. The van der Waals surface area contributed by atoms with Crippen LogP contribution in [-0.4, -0.2) is 24.2 Å². The molecule has 154 valence electrons. The Morgan fingerprint density at radius 2 is 1.57 bits per heavy atom. The normalized spacial score (nSPS) is 11.4.